The molecule has 4 aliphatic heterocycles. The fourth-order valence-electron chi connectivity index (χ4n) is 7.63. The molecule has 10 heteroatoms. The van der Waals surface area contributed by atoms with Crippen molar-refractivity contribution < 1.29 is 0 Å². The molecule has 0 atom stereocenters. The van der Waals surface area contributed by atoms with E-state index in [9.17, 15) is 0 Å². The van der Waals surface area contributed by atoms with Gasteiger partial charge in [0.15, 0.2) is 0 Å². The Kier molecular flexibility index (Phi) is 7.68. The Morgan fingerprint density at radius 3 is 2.18 bits per heavy atom. The van der Waals surface area contributed by atoms with Crippen molar-refractivity contribution in [3.05, 3.63) is 108 Å². The van der Waals surface area contributed by atoms with Crippen LogP contribution in [0.2, 0.25) is 0 Å². The van der Waals surface area contributed by atoms with E-state index in [1.807, 2.05) is 35.8 Å². The number of nitrogens with one attached hydrogen (secondary N) is 4. The van der Waals surface area contributed by atoms with Gasteiger partial charge in [-0.05, 0) is 92.1 Å². The number of anilines is 5. The molecule has 0 bridgehead atoms. The highest BCUT2D eigenvalue weighted by Crippen LogP contribution is 2.39. The summed E-state index contributed by atoms with van der Waals surface area (Å²) in [6.45, 7) is 2.16. The minimum atomic E-state index is 0.558. The van der Waals surface area contributed by atoms with Gasteiger partial charge < -0.3 is 25.5 Å². The molecule has 9 rings (SSSR count). The highest BCUT2D eigenvalue weighted by Gasteiger charge is 2.32. The Morgan fingerprint density at radius 2 is 1.43 bits per heavy atom. The van der Waals surface area contributed by atoms with Crippen LogP contribution in [0.25, 0.3) is 5.70 Å². The highest BCUT2D eigenvalue weighted by molar-refractivity contribution is 6.24. The molecule has 246 valence electrons. The summed E-state index contributed by atoms with van der Waals surface area (Å²) in [5.41, 5.74) is 11.3. The Morgan fingerprint density at radius 1 is 0.694 bits per heavy atom. The van der Waals surface area contributed by atoms with Gasteiger partial charge in [0.25, 0.3) is 0 Å². The SMILES string of the molecule is C1=NC2=NC(c3ccc(N4CCCCC4)cc3Nc3cc[nH]c3)=CC3=CC(c4ccc(C5CCCCC5)cc4Nc4cc[nH]c4)=NC(=N1)N32. The lowest BCUT2D eigenvalue weighted by molar-refractivity contribution is 0.444. The topological polar surface area (TPSA) is 112 Å². The number of allylic oxidation sites excluding steroid dienone is 2. The van der Waals surface area contributed by atoms with E-state index < -0.39 is 0 Å². The highest BCUT2D eigenvalue weighted by atomic mass is 15.4. The molecule has 1 saturated heterocycles. The predicted molar refractivity (Wildman–Crippen MR) is 201 cm³/mol. The number of aromatic nitrogens is 2. The normalized spacial score (nSPS) is 19.0. The number of nitrogens with zero attached hydrogens (tertiary/aromatic N) is 6. The third kappa shape index (κ3) is 5.88. The molecule has 4 aromatic rings. The van der Waals surface area contributed by atoms with E-state index in [0.717, 1.165) is 64.1 Å². The molecule has 0 unspecified atom stereocenters. The zero-order chi connectivity index (χ0) is 32.6. The maximum absolute atomic E-state index is 5.06. The van der Waals surface area contributed by atoms with E-state index in [0.29, 0.717) is 17.8 Å². The lowest BCUT2D eigenvalue weighted by atomic mass is 9.83. The molecular formula is C39H40N10. The first-order valence-corrected chi connectivity index (χ1v) is 17.6. The van der Waals surface area contributed by atoms with Crippen LogP contribution in [-0.2, 0) is 0 Å². The fraction of sp³-hybridized carbons (Fsp3) is 0.282. The zero-order valence-electron chi connectivity index (χ0n) is 27.5. The summed E-state index contributed by atoms with van der Waals surface area (Å²) in [7, 11) is 0. The number of guanidine groups is 2. The minimum Gasteiger partial charge on any atom is -0.371 e. The quantitative estimate of drug-likeness (QED) is 0.153. The molecule has 1 saturated carbocycles. The third-order valence-electron chi connectivity index (χ3n) is 10.2. The van der Waals surface area contributed by atoms with E-state index in [1.54, 1.807) is 6.34 Å². The zero-order valence-corrected chi connectivity index (χ0v) is 27.5. The van der Waals surface area contributed by atoms with Gasteiger partial charge in [-0.15, -0.1) is 0 Å². The van der Waals surface area contributed by atoms with Crippen molar-refractivity contribution in [2.24, 2.45) is 20.0 Å². The van der Waals surface area contributed by atoms with Crippen LogP contribution in [0.1, 0.15) is 74.0 Å². The fourth-order valence-corrected chi connectivity index (χ4v) is 7.63. The summed E-state index contributed by atoms with van der Waals surface area (Å²) in [6.07, 6.45) is 23.8. The van der Waals surface area contributed by atoms with Crippen LogP contribution in [0.5, 0.6) is 0 Å². The van der Waals surface area contributed by atoms with E-state index in [-0.39, 0.29) is 0 Å². The van der Waals surface area contributed by atoms with Gasteiger partial charge >= 0.3 is 0 Å². The molecule has 6 heterocycles. The van der Waals surface area contributed by atoms with Gasteiger partial charge in [0.1, 0.15) is 6.34 Å². The molecular weight excluding hydrogens is 608 g/mol. The van der Waals surface area contributed by atoms with Crippen molar-refractivity contribution in [3.63, 3.8) is 0 Å². The number of aliphatic imine (C=N–C) groups is 4. The van der Waals surface area contributed by atoms with Crippen LogP contribution < -0.4 is 15.5 Å². The summed E-state index contributed by atoms with van der Waals surface area (Å²) in [5.74, 6) is 1.71. The van der Waals surface area contributed by atoms with Gasteiger partial charge in [-0.3, -0.25) is 0 Å². The molecule has 5 aliphatic rings. The van der Waals surface area contributed by atoms with Crippen molar-refractivity contribution in [3.8, 4) is 0 Å². The standard InChI is InChI=1S/C39H40N10/c1-3-7-26(8-4-1)27-9-11-32(34(19-27)44-28-13-15-40-23-28)36-21-31-22-37(47-39-43-25-42-38(46-36)49(31)39)33-12-10-30(48-17-5-2-6-18-48)20-35(33)45-29-14-16-41-24-29/h9-16,19-26,40-41,44-45H,1-8,17-18H2. The molecule has 49 heavy (non-hydrogen) atoms. The molecule has 2 fully saturated rings. The Bertz CT molecular complexity index is 1930. The largest absolute Gasteiger partial charge is 0.371 e. The van der Waals surface area contributed by atoms with Crippen molar-refractivity contribution in [2.75, 3.05) is 28.6 Å². The van der Waals surface area contributed by atoms with E-state index in [2.05, 4.69) is 90.1 Å². The summed E-state index contributed by atoms with van der Waals surface area (Å²) in [6, 6.07) is 17.6. The first-order chi connectivity index (χ1) is 24.2. The number of hydrogen-bond donors (Lipinski definition) is 4. The molecule has 0 spiro atoms. The van der Waals surface area contributed by atoms with Gasteiger partial charge in [-0.1, -0.05) is 31.4 Å². The van der Waals surface area contributed by atoms with Crippen LogP contribution >= 0.6 is 0 Å². The van der Waals surface area contributed by atoms with Crippen molar-refractivity contribution in [1.82, 2.24) is 14.9 Å². The molecule has 2 aromatic heterocycles. The Hall–Kier alpha value is -5.64. The number of benzene rings is 2. The number of hydrogen-bond acceptors (Lipinski definition) is 8. The number of rotatable bonds is 8. The lowest BCUT2D eigenvalue weighted by Gasteiger charge is -2.32. The van der Waals surface area contributed by atoms with Gasteiger partial charge in [-0.25, -0.2) is 24.9 Å². The second-order valence-electron chi connectivity index (χ2n) is 13.4. The number of aromatic amines is 2. The number of piperidine rings is 1. The average molecular weight is 649 g/mol. The van der Waals surface area contributed by atoms with Crippen LogP contribution in [0.3, 0.4) is 0 Å². The maximum atomic E-state index is 5.06. The Balaban J connectivity index is 1.12. The molecule has 2 aromatic carbocycles. The van der Waals surface area contributed by atoms with E-state index in [4.69, 9.17) is 9.98 Å². The van der Waals surface area contributed by atoms with Crippen LogP contribution in [0.15, 0.2) is 111 Å². The predicted octanol–water partition coefficient (Wildman–Crippen LogP) is 8.67. The summed E-state index contributed by atoms with van der Waals surface area (Å²) < 4.78 is 0. The first-order valence-electron chi connectivity index (χ1n) is 17.6. The van der Waals surface area contributed by atoms with Crippen molar-refractivity contribution in [1.29, 1.82) is 0 Å². The molecule has 10 nitrogen and oxygen atoms in total. The van der Waals surface area contributed by atoms with Crippen molar-refractivity contribution in [2.45, 2.75) is 57.3 Å². The average Bonchev–Trinajstić information content (AvgIpc) is 3.87. The van der Waals surface area contributed by atoms with Gasteiger partial charge in [0.2, 0.25) is 11.9 Å². The maximum Gasteiger partial charge on any atom is 0.239 e. The van der Waals surface area contributed by atoms with Gasteiger partial charge in [-0.2, -0.15) is 0 Å². The van der Waals surface area contributed by atoms with E-state index >= 15 is 0 Å². The number of H-pyrrole nitrogens is 2. The second kappa shape index (κ2) is 12.8. The van der Waals surface area contributed by atoms with Crippen LogP contribution in [-0.4, -0.2) is 51.9 Å². The Labute approximate surface area is 286 Å². The third-order valence-corrected chi connectivity index (χ3v) is 10.2. The van der Waals surface area contributed by atoms with Gasteiger partial charge in [0, 0.05) is 60.4 Å². The lowest BCUT2D eigenvalue weighted by Crippen LogP contribution is -2.40. The van der Waals surface area contributed by atoms with Crippen LogP contribution in [0, 0.1) is 0 Å². The molecule has 0 radical (unpaired) electrons. The van der Waals surface area contributed by atoms with Gasteiger partial charge in [0.05, 0.1) is 34.2 Å². The molecule has 4 N–H and O–H groups in total. The summed E-state index contributed by atoms with van der Waals surface area (Å²) in [4.78, 5) is 30.1. The molecule has 1 aliphatic carbocycles. The molecule has 0 amide bonds. The smallest absolute Gasteiger partial charge is 0.239 e. The first kappa shape index (κ1) is 29.5. The van der Waals surface area contributed by atoms with Crippen LogP contribution in [0.4, 0.5) is 28.4 Å². The summed E-state index contributed by atoms with van der Waals surface area (Å²) >= 11 is 0. The minimum absolute atomic E-state index is 0.558. The second-order valence-corrected chi connectivity index (χ2v) is 13.4. The van der Waals surface area contributed by atoms with Crippen molar-refractivity contribution >= 4 is 58.1 Å². The monoisotopic (exact) mass is 648 g/mol. The van der Waals surface area contributed by atoms with E-state index in [1.165, 1.54) is 62.6 Å². The summed E-state index contributed by atoms with van der Waals surface area (Å²) in [5, 5.41) is 7.33.